The van der Waals surface area contributed by atoms with Crippen molar-refractivity contribution in [2.75, 3.05) is 31.1 Å². The van der Waals surface area contributed by atoms with Crippen LogP contribution in [0.15, 0.2) is 5.16 Å². The van der Waals surface area contributed by atoms with E-state index in [1.165, 1.54) is 0 Å². The summed E-state index contributed by atoms with van der Waals surface area (Å²) in [7, 11) is -0.647. The average Bonchev–Trinajstić information content (AvgIpc) is 2.39. The van der Waals surface area contributed by atoms with E-state index in [1.54, 1.807) is 0 Å². The van der Waals surface area contributed by atoms with Crippen molar-refractivity contribution in [2.24, 2.45) is 10.9 Å². The first-order chi connectivity index (χ1) is 6.72. The van der Waals surface area contributed by atoms with E-state index in [4.69, 9.17) is 10.9 Å². The molecule has 1 heterocycles. The van der Waals surface area contributed by atoms with Gasteiger partial charge in [0.15, 0.2) is 0 Å². The molecule has 6 heteroatoms. The molecular weight excluding hydrogens is 202 g/mol. The Kier molecular flexibility index (Phi) is 4.89. The van der Waals surface area contributed by atoms with Crippen molar-refractivity contribution in [1.29, 1.82) is 0 Å². The summed E-state index contributed by atoms with van der Waals surface area (Å²) in [6.07, 6.45) is 1.55. The predicted octanol–water partition coefficient (Wildman–Crippen LogP) is -0.423. The predicted molar refractivity (Wildman–Crippen MR) is 57.0 cm³/mol. The second kappa shape index (κ2) is 5.98. The van der Waals surface area contributed by atoms with Crippen LogP contribution in [0.5, 0.6) is 0 Å². The summed E-state index contributed by atoms with van der Waals surface area (Å²) in [6.45, 7) is 2.60. The normalized spacial score (nSPS) is 26.0. The summed E-state index contributed by atoms with van der Waals surface area (Å²) < 4.78 is 11.2. The van der Waals surface area contributed by atoms with Crippen LogP contribution in [0.25, 0.3) is 0 Å². The van der Waals surface area contributed by atoms with Crippen molar-refractivity contribution in [1.82, 2.24) is 4.90 Å². The van der Waals surface area contributed by atoms with Gasteiger partial charge in [-0.3, -0.25) is 4.21 Å². The third-order valence-electron chi connectivity index (χ3n) is 2.29. The van der Waals surface area contributed by atoms with Gasteiger partial charge >= 0.3 is 0 Å². The maximum absolute atomic E-state index is 11.2. The molecule has 0 spiro atoms. The van der Waals surface area contributed by atoms with Crippen molar-refractivity contribution in [3.05, 3.63) is 0 Å². The molecule has 1 rings (SSSR count). The number of amidine groups is 1. The lowest BCUT2D eigenvalue weighted by Gasteiger charge is -2.18. The molecule has 0 aliphatic carbocycles. The SMILES string of the molecule is N/C(CCN1CCCS(=O)CC1)=N\O. The van der Waals surface area contributed by atoms with Gasteiger partial charge in [0.1, 0.15) is 5.84 Å². The second-order valence-corrected chi connectivity index (χ2v) is 5.08. The van der Waals surface area contributed by atoms with E-state index in [9.17, 15) is 4.21 Å². The molecule has 0 amide bonds. The highest BCUT2D eigenvalue weighted by molar-refractivity contribution is 7.85. The summed E-state index contributed by atoms with van der Waals surface area (Å²) in [5.41, 5.74) is 5.37. The molecule has 0 aromatic carbocycles. The average molecular weight is 219 g/mol. The first-order valence-corrected chi connectivity index (χ1v) is 6.25. The third-order valence-corrected chi connectivity index (χ3v) is 3.68. The molecule has 0 saturated carbocycles. The topological polar surface area (TPSA) is 78.9 Å². The maximum atomic E-state index is 11.2. The Bertz CT molecular complexity index is 233. The first-order valence-electron chi connectivity index (χ1n) is 4.76. The molecule has 1 aliphatic rings. The minimum Gasteiger partial charge on any atom is -0.409 e. The molecule has 3 N–H and O–H groups in total. The summed E-state index contributed by atoms with van der Waals surface area (Å²) in [5.74, 6) is 1.81. The van der Waals surface area contributed by atoms with Gasteiger partial charge in [-0.1, -0.05) is 5.16 Å². The van der Waals surface area contributed by atoms with Crippen LogP contribution in [0.2, 0.25) is 0 Å². The monoisotopic (exact) mass is 219 g/mol. The fraction of sp³-hybridized carbons (Fsp3) is 0.875. The summed E-state index contributed by atoms with van der Waals surface area (Å²) in [6, 6.07) is 0. The molecule has 0 aromatic rings. The van der Waals surface area contributed by atoms with E-state index in [2.05, 4.69) is 10.1 Å². The molecule has 14 heavy (non-hydrogen) atoms. The van der Waals surface area contributed by atoms with Crippen LogP contribution in [0.1, 0.15) is 12.8 Å². The van der Waals surface area contributed by atoms with Crippen LogP contribution in [0.3, 0.4) is 0 Å². The Morgan fingerprint density at radius 2 is 2.29 bits per heavy atom. The van der Waals surface area contributed by atoms with Gasteiger partial charge in [0, 0.05) is 41.8 Å². The zero-order valence-electron chi connectivity index (χ0n) is 8.19. The lowest BCUT2D eigenvalue weighted by atomic mass is 10.3. The lowest BCUT2D eigenvalue weighted by molar-refractivity contribution is 0.295. The Balaban J connectivity index is 2.27. The number of nitrogens with zero attached hydrogens (tertiary/aromatic N) is 2. The smallest absolute Gasteiger partial charge is 0.140 e. The van der Waals surface area contributed by atoms with Crippen molar-refractivity contribution in [3.63, 3.8) is 0 Å². The van der Waals surface area contributed by atoms with Crippen LogP contribution in [0, 0.1) is 0 Å². The van der Waals surface area contributed by atoms with Crippen LogP contribution in [0.4, 0.5) is 0 Å². The highest BCUT2D eigenvalue weighted by Gasteiger charge is 2.12. The van der Waals surface area contributed by atoms with Gasteiger partial charge in [0.2, 0.25) is 0 Å². The number of nitrogens with two attached hydrogens (primary N) is 1. The molecule has 1 unspecified atom stereocenters. The Morgan fingerprint density at radius 1 is 1.50 bits per heavy atom. The molecule has 0 radical (unpaired) electrons. The van der Waals surface area contributed by atoms with E-state index in [0.29, 0.717) is 6.42 Å². The number of rotatable bonds is 3. The zero-order chi connectivity index (χ0) is 10.4. The summed E-state index contributed by atoms with van der Waals surface area (Å²) in [5, 5.41) is 11.3. The van der Waals surface area contributed by atoms with E-state index in [1.807, 2.05) is 0 Å². The highest BCUT2D eigenvalue weighted by Crippen LogP contribution is 2.02. The minimum absolute atomic E-state index is 0.260. The van der Waals surface area contributed by atoms with Crippen LogP contribution >= 0.6 is 0 Å². The molecule has 1 atom stereocenters. The summed E-state index contributed by atoms with van der Waals surface area (Å²) in [4.78, 5) is 2.21. The van der Waals surface area contributed by atoms with Gasteiger partial charge in [0.05, 0.1) is 0 Å². The fourth-order valence-corrected chi connectivity index (χ4v) is 2.56. The summed E-state index contributed by atoms with van der Waals surface area (Å²) >= 11 is 0. The number of hydrogen-bond acceptors (Lipinski definition) is 4. The highest BCUT2D eigenvalue weighted by atomic mass is 32.2. The molecule has 82 valence electrons. The van der Waals surface area contributed by atoms with Gasteiger partial charge in [-0.25, -0.2) is 0 Å². The molecule has 5 nitrogen and oxygen atoms in total. The molecule has 1 saturated heterocycles. The van der Waals surface area contributed by atoms with Crippen molar-refractivity contribution in [3.8, 4) is 0 Å². The molecule has 1 fully saturated rings. The van der Waals surface area contributed by atoms with Crippen LogP contribution < -0.4 is 5.73 Å². The zero-order valence-corrected chi connectivity index (χ0v) is 9.00. The number of oxime groups is 1. The standard InChI is InChI=1S/C8H17N3O2S/c9-8(10-12)2-4-11-3-1-6-14(13)7-5-11/h12H,1-7H2,(H2,9,10). The first kappa shape index (κ1) is 11.5. The minimum atomic E-state index is -0.647. The van der Waals surface area contributed by atoms with E-state index in [0.717, 1.165) is 37.6 Å². The quantitative estimate of drug-likeness (QED) is 0.292. The van der Waals surface area contributed by atoms with Gasteiger partial charge in [-0.2, -0.15) is 0 Å². The maximum Gasteiger partial charge on any atom is 0.140 e. The second-order valence-electron chi connectivity index (χ2n) is 3.38. The van der Waals surface area contributed by atoms with Crippen LogP contribution in [-0.4, -0.2) is 51.3 Å². The largest absolute Gasteiger partial charge is 0.409 e. The van der Waals surface area contributed by atoms with Gasteiger partial charge < -0.3 is 15.8 Å². The number of hydrogen-bond donors (Lipinski definition) is 2. The van der Waals surface area contributed by atoms with Crippen LogP contribution in [-0.2, 0) is 10.8 Å². The van der Waals surface area contributed by atoms with Gasteiger partial charge in [-0.05, 0) is 13.0 Å². The Labute approximate surface area is 86.4 Å². The molecule has 1 aliphatic heterocycles. The lowest BCUT2D eigenvalue weighted by Crippen LogP contribution is -2.30. The van der Waals surface area contributed by atoms with Gasteiger partial charge in [0.25, 0.3) is 0 Å². The molecule has 0 bridgehead atoms. The Morgan fingerprint density at radius 3 is 3.00 bits per heavy atom. The van der Waals surface area contributed by atoms with Crippen molar-refractivity contribution in [2.45, 2.75) is 12.8 Å². The van der Waals surface area contributed by atoms with Gasteiger partial charge in [-0.15, -0.1) is 0 Å². The molecular formula is C8H17N3O2S. The Hall–Kier alpha value is -0.620. The van der Waals surface area contributed by atoms with E-state index >= 15 is 0 Å². The van der Waals surface area contributed by atoms with Crippen molar-refractivity contribution >= 4 is 16.6 Å². The van der Waals surface area contributed by atoms with Crippen molar-refractivity contribution < 1.29 is 9.42 Å². The molecule has 0 aromatic heterocycles. The van der Waals surface area contributed by atoms with E-state index < -0.39 is 10.8 Å². The third kappa shape index (κ3) is 4.06. The fourth-order valence-electron chi connectivity index (χ4n) is 1.44. The van der Waals surface area contributed by atoms with E-state index in [-0.39, 0.29) is 5.84 Å².